The van der Waals surface area contributed by atoms with Gasteiger partial charge in [0.1, 0.15) is 5.75 Å². The monoisotopic (exact) mass is 331 g/mol. The van der Waals surface area contributed by atoms with Gasteiger partial charge >= 0.3 is 0 Å². The van der Waals surface area contributed by atoms with Gasteiger partial charge in [0, 0.05) is 0 Å². The fourth-order valence-electron chi connectivity index (χ4n) is 2.34. The van der Waals surface area contributed by atoms with Crippen molar-refractivity contribution in [3.63, 3.8) is 0 Å². The Morgan fingerprint density at radius 1 is 1.17 bits per heavy atom. The van der Waals surface area contributed by atoms with E-state index in [0.717, 1.165) is 12.0 Å². The highest BCUT2D eigenvalue weighted by atomic mass is 35.5. The molecular weight excluding hydrogens is 310 g/mol. The lowest BCUT2D eigenvalue weighted by Gasteiger charge is -2.19. The predicted octanol–water partition coefficient (Wildman–Crippen LogP) is 4.60. The third kappa shape index (κ3) is 4.73. The Morgan fingerprint density at radius 3 is 2.57 bits per heavy atom. The molecule has 0 aliphatic heterocycles. The van der Waals surface area contributed by atoms with Crippen LogP contribution in [0.25, 0.3) is 0 Å². The van der Waals surface area contributed by atoms with E-state index in [1.165, 1.54) is 11.1 Å². The Hall–Kier alpha value is -2.00. The summed E-state index contributed by atoms with van der Waals surface area (Å²) in [4.78, 5) is 12.1. The maximum Gasteiger partial charge on any atom is 0.258 e. The van der Waals surface area contributed by atoms with Crippen LogP contribution in [0.3, 0.4) is 0 Å². The molecule has 0 unspecified atom stereocenters. The van der Waals surface area contributed by atoms with E-state index in [2.05, 4.69) is 44.3 Å². The number of benzene rings is 2. The molecule has 0 aliphatic carbocycles. The smallest absolute Gasteiger partial charge is 0.258 e. The van der Waals surface area contributed by atoms with Crippen molar-refractivity contribution in [2.75, 3.05) is 6.61 Å². The topological polar surface area (TPSA) is 38.3 Å². The molecule has 0 saturated heterocycles. The van der Waals surface area contributed by atoms with Gasteiger partial charge in [0.2, 0.25) is 0 Å². The minimum absolute atomic E-state index is 0.0170. The maximum absolute atomic E-state index is 12.1. The van der Waals surface area contributed by atoms with Crippen molar-refractivity contribution >= 4 is 17.5 Å². The van der Waals surface area contributed by atoms with Crippen LogP contribution in [0.4, 0.5) is 0 Å². The lowest BCUT2D eigenvalue weighted by Crippen LogP contribution is -2.32. The second-order valence-corrected chi connectivity index (χ2v) is 6.00. The molecule has 2 aromatic carbocycles. The highest BCUT2D eigenvalue weighted by Crippen LogP contribution is 2.23. The molecule has 0 spiro atoms. The van der Waals surface area contributed by atoms with E-state index in [1.54, 1.807) is 12.1 Å². The van der Waals surface area contributed by atoms with Crippen LogP contribution in [0, 0.1) is 13.8 Å². The number of halogens is 1. The van der Waals surface area contributed by atoms with Crippen molar-refractivity contribution in [2.45, 2.75) is 33.2 Å². The van der Waals surface area contributed by atoms with Gasteiger partial charge in [0.25, 0.3) is 5.91 Å². The molecule has 0 bridgehead atoms. The molecule has 0 radical (unpaired) electrons. The van der Waals surface area contributed by atoms with Crippen LogP contribution in [-0.2, 0) is 4.79 Å². The van der Waals surface area contributed by atoms with E-state index in [4.69, 9.17) is 16.3 Å². The van der Waals surface area contributed by atoms with Crippen molar-refractivity contribution in [3.8, 4) is 5.75 Å². The molecule has 1 amide bonds. The van der Waals surface area contributed by atoms with Crippen LogP contribution in [0.2, 0.25) is 5.02 Å². The summed E-state index contributed by atoms with van der Waals surface area (Å²) in [6.07, 6.45) is 0.820. The highest BCUT2D eigenvalue weighted by molar-refractivity contribution is 6.32. The Bertz CT molecular complexity index is 685. The second-order valence-electron chi connectivity index (χ2n) is 5.59. The second kappa shape index (κ2) is 8.02. The van der Waals surface area contributed by atoms with Crippen molar-refractivity contribution in [1.29, 1.82) is 0 Å². The highest BCUT2D eigenvalue weighted by Gasteiger charge is 2.14. The van der Waals surface area contributed by atoms with Gasteiger partial charge in [0.05, 0.1) is 11.1 Å². The minimum Gasteiger partial charge on any atom is -0.482 e. The molecule has 0 heterocycles. The minimum atomic E-state index is -0.157. The zero-order chi connectivity index (χ0) is 16.8. The van der Waals surface area contributed by atoms with Gasteiger partial charge in [-0.1, -0.05) is 48.9 Å². The Labute approximate surface area is 142 Å². The summed E-state index contributed by atoms with van der Waals surface area (Å²) in [6.45, 7) is 6.16. The number of carbonyl (C=O) groups is 1. The summed E-state index contributed by atoms with van der Waals surface area (Å²) in [5, 5.41) is 3.51. The fourth-order valence-corrected chi connectivity index (χ4v) is 2.53. The molecule has 1 N–H and O–H groups in total. The molecule has 4 heteroatoms. The Morgan fingerprint density at radius 2 is 1.91 bits per heavy atom. The van der Waals surface area contributed by atoms with Crippen molar-refractivity contribution < 1.29 is 9.53 Å². The molecule has 2 rings (SSSR count). The average molecular weight is 332 g/mol. The zero-order valence-corrected chi connectivity index (χ0v) is 14.5. The Kier molecular flexibility index (Phi) is 6.05. The van der Waals surface area contributed by atoms with Crippen LogP contribution in [-0.4, -0.2) is 12.5 Å². The molecule has 3 nitrogen and oxygen atoms in total. The van der Waals surface area contributed by atoms with Crippen molar-refractivity contribution in [3.05, 3.63) is 64.2 Å². The predicted molar refractivity (Wildman–Crippen MR) is 94.0 cm³/mol. The molecule has 0 fully saturated rings. The number of nitrogens with one attached hydrogen (secondary N) is 1. The van der Waals surface area contributed by atoms with Gasteiger partial charge in [-0.15, -0.1) is 0 Å². The molecule has 2 aromatic rings. The summed E-state index contributed by atoms with van der Waals surface area (Å²) in [7, 11) is 0. The van der Waals surface area contributed by atoms with E-state index >= 15 is 0 Å². The van der Waals surface area contributed by atoms with Crippen molar-refractivity contribution in [1.82, 2.24) is 5.32 Å². The zero-order valence-electron chi connectivity index (χ0n) is 13.7. The number of hydrogen-bond donors (Lipinski definition) is 1. The van der Waals surface area contributed by atoms with Gasteiger partial charge in [0.15, 0.2) is 6.61 Å². The number of para-hydroxylation sites is 1. The number of ether oxygens (including phenoxy) is 1. The maximum atomic E-state index is 12.1. The SMILES string of the molecule is CC[C@@H](NC(=O)COc1ccccc1Cl)c1ccc(C)c(C)c1. The number of carbonyl (C=O) groups excluding carboxylic acids is 1. The van der Waals surface area contributed by atoms with E-state index in [1.807, 2.05) is 12.1 Å². The van der Waals surface area contributed by atoms with Crippen LogP contribution in [0.1, 0.15) is 36.1 Å². The summed E-state index contributed by atoms with van der Waals surface area (Å²) < 4.78 is 5.48. The largest absolute Gasteiger partial charge is 0.482 e. The van der Waals surface area contributed by atoms with Crippen LogP contribution >= 0.6 is 11.6 Å². The van der Waals surface area contributed by atoms with Crippen LogP contribution in [0.5, 0.6) is 5.75 Å². The first-order valence-corrected chi connectivity index (χ1v) is 8.13. The van der Waals surface area contributed by atoms with E-state index in [0.29, 0.717) is 10.8 Å². The van der Waals surface area contributed by atoms with E-state index in [-0.39, 0.29) is 18.6 Å². The number of rotatable bonds is 6. The average Bonchev–Trinajstić information content (AvgIpc) is 2.54. The van der Waals surface area contributed by atoms with Gasteiger partial charge in [-0.2, -0.15) is 0 Å². The summed E-state index contributed by atoms with van der Waals surface area (Å²) in [5.74, 6) is 0.360. The van der Waals surface area contributed by atoms with Gasteiger partial charge in [-0.05, 0) is 49.1 Å². The van der Waals surface area contributed by atoms with Gasteiger partial charge < -0.3 is 10.1 Å². The van der Waals surface area contributed by atoms with Crippen LogP contribution in [0.15, 0.2) is 42.5 Å². The van der Waals surface area contributed by atoms with Crippen LogP contribution < -0.4 is 10.1 Å². The molecule has 1 atom stereocenters. The summed E-state index contributed by atoms with van der Waals surface area (Å²) in [5.41, 5.74) is 3.58. The van der Waals surface area contributed by atoms with Gasteiger partial charge in [-0.25, -0.2) is 0 Å². The number of hydrogen-bond acceptors (Lipinski definition) is 2. The lowest BCUT2D eigenvalue weighted by atomic mass is 9.99. The summed E-state index contributed by atoms with van der Waals surface area (Å²) >= 11 is 6.01. The number of amides is 1. The first kappa shape index (κ1) is 17.4. The fraction of sp³-hybridized carbons (Fsp3) is 0.316. The third-order valence-corrected chi connectivity index (χ3v) is 4.18. The summed E-state index contributed by atoms with van der Waals surface area (Å²) in [6, 6.07) is 13.4. The normalized spacial score (nSPS) is 11.8. The van der Waals surface area contributed by atoms with Gasteiger partial charge in [-0.3, -0.25) is 4.79 Å². The first-order valence-electron chi connectivity index (χ1n) is 7.75. The quantitative estimate of drug-likeness (QED) is 0.839. The first-order chi connectivity index (χ1) is 11.0. The molecule has 23 heavy (non-hydrogen) atoms. The third-order valence-electron chi connectivity index (χ3n) is 3.87. The molecular formula is C19H22ClNO2. The molecule has 0 aliphatic rings. The lowest BCUT2D eigenvalue weighted by molar-refractivity contribution is -0.123. The molecule has 0 saturated carbocycles. The number of aryl methyl sites for hydroxylation is 2. The van der Waals surface area contributed by atoms with Crippen molar-refractivity contribution in [2.24, 2.45) is 0 Å². The van der Waals surface area contributed by atoms with E-state index < -0.39 is 0 Å². The Balaban J connectivity index is 1.97. The standard InChI is InChI=1S/C19H22ClNO2/c1-4-17(15-10-9-13(2)14(3)11-15)21-19(22)12-23-18-8-6-5-7-16(18)20/h5-11,17H,4,12H2,1-3H3,(H,21,22)/t17-/m1/s1. The molecule has 122 valence electrons. The van der Waals surface area contributed by atoms with E-state index in [9.17, 15) is 4.79 Å². The molecule has 0 aromatic heterocycles.